The number of anilines is 1. The third-order valence-corrected chi connectivity index (χ3v) is 6.15. The van der Waals surface area contributed by atoms with E-state index in [2.05, 4.69) is 58.7 Å². The fourth-order valence-corrected chi connectivity index (χ4v) is 4.58. The van der Waals surface area contributed by atoms with Crippen molar-refractivity contribution in [3.63, 3.8) is 0 Å². The van der Waals surface area contributed by atoms with E-state index >= 15 is 0 Å². The van der Waals surface area contributed by atoms with E-state index in [0.717, 1.165) is 12.5 Å². The Hall–Kier alpha value is -1.22. The van der Waals surface area contributed by atoms with E-state index < -0.39 is 0 Å². The molecule has 154 valence electrons. The fourth-order valence-electron chi connectivity index (χ4n) is 4.58. The van der Waals surface area contributed by atoms with E-state index in [0.29, 0.717) is 0 Å². The average molecular weight is 421 g/mol. The number of nitrogens with zero attached hydrogens (tertiary/aromatic N) is 1. The smallest absolute Gasteiger partial charge is 0.0343 e. The standard InChI is InChI=1S/C24H32N2.2ClH/c1-2-6-20(7-3-1)18-21-12-16-26(17-13-21)15-5-14-25-24-11-10-22-8-4-9-23(22)19-24;;/h1-3,6-7,10-11,19,21,25H,4-5,8-9,12-18H2;2*1H. The molecule has 2 aromatic rings. The van der Waals surface area contributed by atoms with Crippen molar-refractivity contribution in [3.05, 3.63) is 65.2 Å². The second-order valence-corrected chi connectivity index (χ2v) is 8.09. The summed E-state index contributed by atoms with van der Waals surface area (Å²) in [4.78, 5) is 2.66. The molecule has 1 heterocycles. The number of likely N-dealkylation sites (tertiary alicyclic amines) is 1. The van der Waals surface area contributed by atoms with Crippen LogP contribution < -0.4 is 5.32 Å². The summed E-state index contributed by atoms with van der Waals surface area (Å²) in [6.45, 7) is 4.87. The van der Waals surface area contributed by atoms with E-state index in [1.165, 1.54) is 75.8 Å². The topological polar surface area (TPSA) is 15.3 Å². The second kappa shape index (κ2) is 11.7. The molecule has 0 atom stereocenters. The molecule has 2 nitrogen and oxygen atoms in total. The zero-order valence-electron chi connectivity index (χ0n) is 16.7. The minimum absolute atomic E-state index is 0. The van der Waals surface area contributed by atoms with Gasteiger partial charge in [-0.25, -0.2) is 0 Å². The Morgan fingerprint density at radius 2 is 1.64 bits per heavy atom. The predicted molar refractivity (Wildman–Crippen MR) is 125 cm³/mol. The first-order valence-electron chi connectivity index (χ1n) is 10.5. The maximum absolute atomic E-state index is 3.63. The molecule has 1 aliphatic carbocycles. The Labute approximate surface area is 182 Å². The van der Waals surface area contributed by atoms with Gasteiger partial charge in [0.2, 0.25) is 0 Å². The van der Waals surface area contributed by atoms with Crippen LogP contribution in [0.3, 0.4) is 0 Å². The van der Waals surface area contributed by atoms with Gasteiger partial charge >= 0.3 is 0 Å². The summed E-state index contributed by atoms with van der Waals surface area (Å²) in [6, 6.07) is 18.0. The first-order valence-corrected chi connectivity index (χ1v) is 10.5. The predicted octanol–water partition coefficient (Wildman–Crippen LogP) is 5.78. The van der Waals surface area contributed by atoms with Crippen LogP contribution in [0.5, 0.6) is 0 Å². The molecule has 4 heteroatoms. The van der Waals surface area contributed by atoms with Crippen LogP contribution in [0.1, 0.15) is 42.4 Å². The van der Waals surface area contributed by atoms with Gasteiger partial charge in [-0.1, -0.05) is 36.4 Å². The molecule has 0 unspecified atom stereocenters. The van der Waals surface area contributed by atoms with Gasteiger partial charge in [-0.05, 0) is 99.3 Å². The van der Waals surface area contributed by atoms with E-state index in [-0.39, 0.29) is 24.8 Å². The largest absolute Gasteiger partial charge is 0.385 e. The normalized spacial score (nSPS) is 16.7. The Bertz CT molecular complexity index is 697. The van der Waals surface area contributed by atoms with Crippen LogP contribution >= 0.6 is 24.8 Å². The first kappa shape index (κ1) is 23.1. The Balaban J connectivity index is 0.00000140. The van der Waals surface area contributed by atoms with Crippen molar-refractivity contribution in [1.29, 1.82) is 0 Å². The van der Waals surface area contributed by atoms with Crippen LogP contribution in [0.25, 0.3) is 0 Å². The van der Waals surface area contributed by atoms with Crippen molar-refractivity contribution in [2.45, 2.75) is 44.9 Å². The molecule has 1 saturated heterocycles. The summed E-state index contributed by atoms with van der Waals surface area (Å²) in [5, 5.41) is 3.63. The number of halogens is 2. The average Bonchev–Trinajstić information content (AvgIpc) is 3.15. The number of rotatable bonds is 7. The molecule has 0 radical (unpaired) electrons. The third kappa shape index (κ3) is 6.40. The van der Waals surface area contributed by atoms with E-state index in [9.17, 15) is 0 Å². The number of benzene rings is 2. The van der Waals surface area contributed by atoms with E-state index in [4.69, 9.17) is 0 Å². The molecule has 28 heavy (non-hydrogen) atoms. The zero-order chi connectivity index (χ0) is 17.6. The highest BCUT2D eigenvalue weighted by atomic mass is 35.5. The Morgan fingerprint density at radius 1 is 0.893 bits per heavy atom. The zero-order valence-corrected chi connectivity index (χ0v) is 18.4. The molecule has 0 aromatic heterocycles. The molecule has 1 aliphatic heterocycles. The van der Waals surface area contributed by atoms with Crippen molar-refractivity contribution in [2.75, 3.05) is 31.5 Å². The maximum atomic E-state index is 3.63. The van der Waals surface area contributed by atoms with Crippen molar-refractivity contribution < 1.29 is 0 Å². The quantitative estimate of drug-likeness (QED) is 0.571. The van der Waals surface area contributed by atoms with E-state index in [1.807, 2.05) is 0 Å². The first-order chi connectivity index (χ1) is 12.9. The molecule has 2 aliphatic rings. The summed E-state index contributed by atoms with van der Waals surface area (Å²) in [6.07, 6.45) is 9.08. The monoisotopic (exact) mass is 420 g/mol. The van der Waals surface area contributed by atoms with Crippen LogP contribution in [0.15, 0.2) is 48.5 Å². The molecular weight excluding hydrogens is 387 g/mol. The number of hydrogen-bond acceptors (Lipinski definition) is 2. The van der Waals surface area contributed by atoms with E-state index in [1.54, 1.807) is 11.1 Å². The van der Waals surface area contributed by atoms with Gasteiger partial charge in [-0.3, -0.25) is 0 Å². The van der Waals surface area contributed by atoms with Crippen molar-refractivity contribution >= 4 is 30.5 Å². The van der Waals surface area contributed by atoms with Crippen LogP contribution in [-0.2, 0) is 19.3 Å². The summed E-state index contributed by atoms with van der Waals surface area (Å²) in [7, 11) is 0. The molecular formula is C24H34Cl2N2. The van der Waals surface area contributed by atoms with Gasteiger partial charge in [-0.2, -0.15) is 0 Å². The van der Waals surface area contributed by atoms with Crippen LogP contribution in [0.2, 0.25) is 0 Å². The lowest BCUT2D eigenvalue weighted by Gasteiger charge is -2.32. The van der Waals surface area contributed by atoms with Gasteiger partial charge in [0.25, 0.3) is 0 Å². The summed E-state index contributed by atoms with van der Waals surface area (Å²) >= 11 is 0. The molecule has 4 rings (SSSR count). The molecule has 0 saturated carbocycles. The highest BCUT2D eigenvalue weighted by Gasteiger charge is 2.19. The summed E-state index contributed by atoms with van der Waals surface area (Å²) in [5.74, 6) is 0.873. The van der Waals surface area contributed by atoms with Gasteiger partial charge in [-0.15, -0.1) is 24.8 Å². The lowest BCUT2D eigenvalue weighted by atomic mass is 9.90. The van der Waals surface area contributed by atoms with Crippen LogP contribution in [-0.4, -0.2) is 31.1 Å². The van der Waals surface area contributed by atoms with Crippen molar-refractivity contribution in [1.82, 2.24) is 4.90 Å². The lowest BCUT2D eigenvalue weighted by molar-refractivity contribution is 0.183. The maximum Gasteiger partial charge on any atom is 0.0343 e. The number of hydrogen-bond donors (Lipinski definition) is 1. The van der Waals surface area contributed by atoms with Gasteiger partial charge < -0.3 is 10.2 Å². The second-order valence-electron chi connectivity index (χ2n) is 8.09. The minimum Gasteiger partial charge on any atom is -0.385 e. The molecule has 1 fully saturated rings. The van der Waals surface area contributed by atoms with Crippen LogP contribution in [0, 0.1) is 5.92 Å². The number of aryl methyl sites for hydroxylation is 2. The molecule has 0 spiro atoms. The van der Waals surface area contributed by atoms with Gasteiger partial charge in [0.1, 0.15) is 0 Å². The summed E-state index contributed by atoms with van der Waals surface area (Å²) < 4.78 is 0. The highest BCUT2D eigenvalue weighted by molar-refractivity contribution is 5.85. The molecule has 0 amide bonds. The lowest BCUT2D eigenvalue weighted by Crippen LogP contribution is -2.35. The van der Waals surface area contributed by atoms with Gasteiger partial charge in [0.15, 0.2) is 0 Å². The van der Waals surface area contributed by atoms with Crippen LogP contribution in [0.4, 0.5) is 5.69 Å². The summed E-state index contributed by atoms with van der Waals surface area (Å²) in [5.41, 5.74) is 5.95. The molecule has 0 bridgehead atoms. The van der Waals surface area contributed by atoms with Crippen molar-refractivity contribution in [3.8, 4) is 0 Å². The Kier molecular flexibility index (Phi) is 9.64. The van der Waals surface area contributed by atoms with Gasteiger partial charge in [0, 0.05) is 12.2 Å². The van der Waals surface area contributed by atoms with Gasteiger partial charge in [0.05, 0.1) is 0 Å². The number of fused-ring (bicyclic) bond motifs is 1. The highest BCUT2D eigenvalue weighted by Crippen LogP contribution is 2.25. The number of nitrogens with one attached hydrogen (secondary N) is 1. The SMILES string of the molecule is Cl.Cl.c1ccc(CC2CCN(CCCNc3ccc4c(c3)CCC4)CC2)cc1. The third-order valence-electron chi connectivity index (χ3n) is 6.15. The Morgan fingerprint density at radius 3 is 2.43 bits per heavy atom. The molecule has 1 N–H and O–H groups in total. The van der Waals surface area contributed by atoms with Crippen molar-refractivity contribution in [2.24, 2.45) is 5.92 Å². The molecule has 2 aromatic carbocycles. The minimum atomic E-state index is 0. The fraction of sp³-hybridized carbons (Fsp3) is 0.500. The number of piperidine rings is 1.